The second-order valence-electron chi connectivity index (χ2n) is 4.52. The Bertz CT molecular complexity index is 298. The van der Waals surface area contributed by atoms with E-state index in [2.05, 4.69) is 5.32 Å². The van der Waals surface area contributed by atoms with Crippen molar-refractivity contribution in [3.8, 4) is 0 Å². The summed E-state index contributed by atoms with van der Waals surface area (Å²) in [7, 11) is -2.79. The molecule has 0 aromatic heterocycles. The lowest BCUT2D eigenvalue weighted by Crippen LogP contribution is -2.40. The summed E-state index contributed by atoms with van der Waals surface area (Å²) in [6.07, 6.45) is 1.43. The molecular formula is C9H17NO3S. The van der Waals surface area contributed by atoms with Crippen LogP contribution in [0.3, 0.4) is 0 Å². The van der Waals surface area contributed by atoms with Gasteiger partial charge in [0.2, 0.25) is 0 Å². The van der Waals surface area contributed by atoms with Gasteiger partial charge in [-0.1, -0.05) is 0 Å². The molecule has 0 saturated carbocycles. The molecule has 2 N–H and O–H groups in total. The third kappa shape index (κ3) is 1.68. The van der Waals surface area contributed by atoms with Gasteiger partial charge in [-0.2, -0.15) is 0 Å². The van der Waals surface area contributed by atoms with E-state index in [0.29, 0.717) is 24.3 Å². The molecule has 0 aromatic carbocycles. The van der Waals surface area contributed by atoms with Gasteiger partial charge in [-0.15, -0.1) is 0 Å². The van der Waals surface area contributed by atoms with E-state index in [9.17, 15) is 13.5 Å². The van der Waals surface area contributed by atoms with Gasteiger partial charge in [0.15, 0.2) is 0 Å². The van der Waals surface area contributed by atoms with Crippen LogP contribution in [-0.4, -0.2) is 44.7 Å². The first kappa shape index (κ1) is 10.4. The van der Waals surface area contributed by atoms with Crippen molar-refractivity contribution in [1.29, 1.82) is 0 Å². The molecule has 14 heavy (non-hydrogen) atoms. The highest BCUT2D eigenvalue weighted by Gasteiger charge is 2.45. The number of aliphatic hydroxyl groups excluding tert-OH is 1. The average Bonchev–Trinajstić information content (AvgIpc) is 2.54. The molecule has 0 radical (unpaired) electrons. The molecule has 2 aliphatic heterocycles. The zero-order valence-corrected chi connectivity index (χ0v) is 9.02. The Hall–Kier alpha value is -0.130. The molecule has 82 valence electrons. The maximum atomic E-state index is 11.3. The second kappa shape index (κ2) is 3.47. The van der Waals surface area contributed by atoms with E-state index in [4.69, 9.17) is 0 Å². The molecule has 2 heterocycles. The first-order chi connectivity index (χ1) is 6.58. The number of rotatable bonds is 1. The lowest BCUT2D eigenvalue weighted by Gasteiger charge is -2.37. The third-order valence-corrected chi connectivity index (χ3v) is 5.43. The topological polar surface area (TPSA) is 66.4 Å². The summed E-state index contributed by atoms with van der Waals surface area (Å²) in [6.45, 7) is 1.87. The first-order valence-corrected chi connectivity index (χ1v) is 6.92. The SMILES string of the molecule is O=S1(=O)CCC2(CC1)CNCC2CO. The zero-order valence-electron chi connectivity index (χ0n) is 8.20. The fourth-order valence-corrected chi connectivity index (χ4v) is 4.28. The first-order valence-electron chi connectivity index (χ1n) is 5.10. The molecule has 1 spiro atoms. The fourth-order valence-electron chi connectivity index (χ4n) is 2.64. The van der Waals surface area contributed by atoms with Gasteiger partial charge in [0.05, 0.1) is 11.5 Å². The van der Waals surface area contributed by atoms with Gasteiger partial charge < -0.3 is 10.4 Å². The van der Waals surface area contributed by atoms with Crippen molar-refractivity contribution in [3.63, 3.8) is 0 Å². The highest BCUT2D eigenvalue weighted by Crippen LogP contribution is 2.41. The molecule has 0 aliphatic carbocycles. The smallest absolute Gasteiger partial charge is 0.150 e. The molecule has 1 atom stereocenters. The fraction of sp³-hybridized carbons (Fsp3) is 1.00. The Morgan fingerprint density at radius 1 is 1.36 bits per heavy atom. The summed E-state index contributed by atoms with van der Waals surface area (Å²) < 4.78 is 22.6. The molecule has 4 nitrogen and oxygen atoms in total. The predicted octanol–water partition coefficient (Wildman–Crippen LogP) is -0.607. The van der Waals surface area contributed by atoms with Crippen LogP contribution in [0.25, 0.3) is 0 Å². The zero-order chi connectivity index (χ0) is 10.2. The van der Waals surface area contributed by atoms with Crippen molar-refractivity contribution >= 4 is 9.84 Å². The summed E-state index contributed by atoms with van der Waals surface area (Å²) in [4.78, 5) is 0. The van der Waals surface area contributed by atoms with Crippen LogP contribution in [0.1, 0.15) is 12.8 Å². The van der Waals surface area contributed by atoms with E-state index in [1.165, 1.54) is 0 Å². The minimum absolute atomic E-state index is 0.0556. The van der Waals surface area contributed by atoms with Crippen molar-refractivity contribution in [3.05, 3.63) is 0 Å². The van der Waals surface area contributed by atoms with E-state index in [1.54, 1.807) is 0 Å². The van der Waals surface area contributed by atoms with Crippen LogP contribution < -0.4 is 5.32 Å². The van der Waals surface area contributed by atoms with Gasteiger partial charge in [-0.05, 0) is 18.3 Å². The van der Waals surface area contributed by atoms with Crippen molar-refractivity contribution in [2.45, 2.75) is 12.8 Å². The van der Waals surface area contributed by atoms with Crippen molar-refractivity contribution < 1.29 is 13.5 Å². The monoisotopic (exact) mass is 219 g/mol. The Morgan fingerprint density at radius 3 is 2.57 bits per heavy atom. The number of aliphatic hydroxyl groups is 1. The van der Waals surface area contributed by atoms with Crippen molar-refractivity contribution in [2.24, 2.45) is 11.3 Å². The van der Waals surface area contributed by atoms with Crippen LogP contribution in [0.2, 0.25) is 0 Å². The summed E-state index contributed by atoms with van der Waals surface area (Å²) in [5.41, 5.74) is 0.0556. The van der Waals surface area contributed by atoms with Gasteiger partial charge in [0.25, 0.3) is 0 Å². The van der Waals surface area contributed by atoms with Gasteiger partial charge >= 0.3 is 0 Å². The summed E-state index contributed by atoms with van der Waals surface area (Å²) in [5, 5.41) is 12.5. The lowest BCUT2D eigenvalue weighted by molar-refractivity contribution is 0.121. The molecule has 1 unspecified atom stereocenters. The molecule has 2 aliphatic rings. The molecule has 0 amide bonds. The Morgan fingerprint density at radius 2 is 2.00 bits per heavy atom. The number of hydrogen-bond donors (Lipinski definition) is 2. The van der Waals surface area contributed by atoms with Crippen molar-refractivity contribution in [1.82, 2.24) is 5.32 Å². The summed E-state index contributed by atoms with van der Waals surface area (Å²) in [6, 6.07) is 0. The van der Waals surface area contributed by atoms with E-state index < -0.39 is 9.84 Å². The molecular weight excluding hydrogens is 202 g/mol. The molecule has 2 saturated heterocycles. The Labute approximate surface area is 84.6 Å². The van der Waals surface area contributed by atoms with Gasteiger partial charge in [0.1, 0.15) is 9.84 Å². The summed E-state index contributed by atoms with van der Waals surface area (Å²) in [5.74, 6) is 0.842. The highest BCUT2D eigenvalue weighted by molar-refractivity contribution is 7.91. The number of hydrogen-bond acceptors (Lipinski definition) is 4. The van der Waals surface area contributed by atoms with Gasteiger partial charge in [-0.25, -0.2) is 8.42 Å². The van der Waals surface area contributed by atoms with Gasteiger partial charge in [0, 0.05) is 25.6 Å². The normalized spacial score (nSPS) is 34.8. The lowest BCUT2D eigenvalue weighted by atomic mass is 9.74. The average molecular weight is 219 g/mol. The predicted molar refractivity (Wildman–Crippen MR) is 53.8 cm³/mol. The minimum atomic E-state index is -2.79. The number of nitrogens with one attached hydrogen (secondary N) is 1. The molecule has 2 fully saturated rings. The summed E-state index contributed by atoms with van der Waals surface area (Å²) >= 11 is 0. The quantitative estimate of drug-likeness (QED) is 0.617. The van der Waals surface area contributed by atoms with Crippen LogP contribution in [0.5, 0.6) is 0 Å². The van der Waals surface area contributed by atoms with Crippen LogP contribution in [0.4, 0.5) is 0 Å². The highest BCUT2D eigenvalue weighted by atomic mass is 32.2. The second-order valence-corrected chi connectivity index (χ2v) is 6.83. The molecule has 2 rings (SSSR count). The Balaban J connectivity index is 2.11. The third-order valence-electron chi connectivity index (χ3n) is 3.78. The van der Waals surface area contributed by atoms with E-state index >= 15 is 0 Å². The minimum Gasteiger partial charge on any atom is -0.396 e. The Kier molecular flexibility index (Phi) is 2.57. The largest absolute Gasteiger partial charge is 0.396 e. The maximum Gasteiger partial charge on any atom is 0.150 e. The van der Waals surface area contributed by atoms with Crippen LogP contribution in [-0.2, 0) is 9.84 Å². The molecule has 0 aromatic rings. The standard InChI is InChI=1S/C9H17NO3S/c11-6-8-5-10-7-9(8)1-3-14(12,13)4-2-9/h8,10-11H,1-7H2. The number of sulfone groups is 1. The van der Waals surface area contributed by atoms with E-state index in [1.807, 2.05) is 0 Å². The van der Waals surface area contributed by atoms with Gasteiger partial charge in [-0.3, -0.25) is 0 Å². The van der Waals surface area contributed by atoms with Crippen LogP contribution in [0, 0.1) is 11.3 Å². The van der Waals surface area contributed by atoms with E-state index in [-0.39, 0.29) is 17.9 Å². The molecule has 0 bridgehead atoms. The maximum absolute atomic E-state index is 11.3. The van der Waals surface area contributed by atoms with E-state index in [0.717, 1.165) is 13.1 Å². The molecule has 5 heteroatoms. The van der Waals surface area contributed by atoms with Crippen molar-refractivity contribution in [2.75, 3.05) is 31.2 Å². The van der Waals surface area contributed by atoms with Crippen LogP contribution >= 0.6 is 0 Å². The van der Waals surface area contributed by atoms with Crippen LogP contribution in [0.15, 0.2) is 0 Å².